The molecule has 0 heterocycles. The smallest absolute Gasteiger partial charge is 0.252 e. The highest BCUT2D eigenvalue weighted by Crippen LogP contribution is 2.28. The lowest BCUT2D eigenvalue weighted by Gasteiger charge is -2.20. The molecule has 1 amide bonds. The van der Waals surface area contributed by atoms with Crippen LogP contribution in [0.3, 0.4) is 0 Å². The number of carbonyl (C=O) groups excluding carboxylic acids is 1. The molecule has 1 aliphatic rings. The molecule has 0 spiro atoms. The Hall–Kier alpha value is -1.90. The lowest BCUT2D eigenvalue weighted by Crippen LogP contribution is -2.37. The minimum Gasteiger partial charge on any atom is -0.349 e. The summed E-state index contributed by atoms with van der Waals surface area (Å²) in [5.41, 5.74) is 0.553. The van der Waals surface area contributed by atoms with Crippen LogP contribution in [0.25, 0.3) is 10.8 Å². The molecule has 1 atom stereocenters. The van der Waals surface area contributed by atoms with Crippen molar-refractivity contribution in [2.75, 3.05) is 0 Å². The molecule has 1 saturated carbocycles. The number of hydrogen-bond donors (Lipinski definition) is 1. The molecule has 2 aromatic carbocycles. The van der Waals surface area contributed by atoms with Crippen molar-refractivity contribution in [1.29, 1.82) is 0 Å². The van der Waals surface area contributed by atoms with Gasteiger partial charge in [-0.05, 0) is 43.2 Å². The molecule has 1 unspecified atom stereocenters. The van der Waals surface area contributed by atoms with Gasteiger partial charge in [0.1, 0.15) is 5.82 Å². The number of rotatable bonds is 3. The van der Waals surface area contributed by atoms with Crippen LogP contribution in [0.4, 0.5) is 4.39 Å². The van der Waals surface area contributed by atoms with Crippen LogP contribution in [-0.2, 0) is 0 Å². The van der Waals surface area contributed by atoms with Gasteiger partial charge >= 0.3 is 0 Å². The predicted molar refractivity (Wildman–Crippen MR) is 82.8 cm³/mol. The van der Waals surface area contributed by atoms with Gasteiger partial charge in [-0.3, -0.25) is 4.79 Å². The Labute approximate surface area is 124 Å². The Morgan fingerprint density at radius 3 is 2.52 bits per heavy atom. The Balaban J connectivity index is 1.86. The van der Waals surface area contributed by atoms with E-state index < -0.39 is 0 Å². The first-order valence-corrected chi connectivity index (χ1v) is 7.65. The Bertz CT molecular complexity index is 661. The zero-order chi connectivity index (χ0) is 14.8. The number of carbonyl (C=O) groups is 1. The van der Waals surface area contributed by atoms with Crippen LogP contribution in [0.1, 0.15) is 43.0 Å². The molecule has 21 heavy (non-hydrogen) atoms. The summed E-state index contributed by atoms with van der Waals surface area (Å²) in [4.78, 5) is 12.5. The summed E-state index contributed by atoms with van der Waals surface area (Å²) in [6.45, 7) is 2.07. The van der Waals surface area contributed by atoms with Crippen LogP contribution in [0, 0.1) is 11.7 Å². The van der Waals surface area contributed by atoms with Crippen molar-refractivity contribution in [2.45, 2.75) is 38.6 Å². The number of benzene rings is 2. The molecule has 1 aliphatic carbocycles. The van der Waals surface area contributed by atoms with Gasteiger partial charge in [-0.1, -0.05) is 37.1 Å². The summed E-state index contributed by atoms with van der Waals surface area (Å²) >= 11 is 0. The summed E-state index contributed by atoms with van der Waals surface area (Å²) in [6, 6.07) is 10.2. The van der Waals surface area contributed by atoms with E-state index in [-0.39, 0.29) is 17.8 Å². The van der Waals surface area contributed by atoms with E-state index in [0.29, 0.717) is 22.3 Å². The van der Waals surface area contributed by atoms with E-state index in [0.717, 1.165) is 0 Å². The second-order valence-corrected chi connectivity index (χ2v) is 5.95. The summed E-state index contributed by atoms with van der Waals surface area (Å²) in [6.07, 6.45) is 4.88. The van der Waals surface area contributed by atoms with Crippen LogP contribution in [0.2, 0.25) is 0 Å². The molecular formula is C18H20FNO. The zero-order valence-corrected chi connectivity index (χ0v) is 12.2. The van der Waals surface area contributed by atoms with Crippen molar-refractivity contribution < 1.29 is 9.18 Å². The average molecular weight is 285 g/mol. The Morgan fingerprint density at radius 2 is 1.81 bits per heavy atom. The highest BCUT2D eigenvalue weighted by atomic mass is 19.1. The van der Waals surface area contributed by atoms with Gasteiger partial charge in [-0.25, -0.2) is 4.39 Å². The molecule has 3 rings (SSSR count). The van der Waals surface area contributed by atoms with Gasteiger partial charge in [-0.15, -0.1) is 0 Å². The van der Waals surface area contributed by atoms with Crippen molar-refractivity contribution in [2.24, 2.45) is 5.92 Å². The van der Waals surface area contributed by atoms with Crippen molar-refractivity contribution in [3.8, 4) is 0 Å². The van der Waals surface area contributed by atoms with Gasteiger partial charge in [-0.2, -0.15) is 0 Å². The van der Waals surface area contributed by atoms with E-state index in [2.05, 4.69) is 12.2 Å². The highest BCUT2D eigenvalue weighted by molar-refractivity contribution is 6.07. The van der Waals surface area contributed by atoms with Gasteiger partial charge in [0.25, 0.3) is 5.91 Å². The molecule has 1 fully saturated rings. The number of amides is 1. The molecule has 0 aromatic heterocycles. The van der Waals surface area contributed by atoms with Gasteiger partial charge in [0.2, 0.25) is 0 Å². The minimum atomic E-state index is -0.286. The van der Waals surface area contributed by atoms with Gasteiger partial charge < -0.3 is 5.32 Å². The number of fused-ring (bicyclic) bond motifs is 1. The average Bonchev–Trinajstić information content (AvgIpc) is 3.02. The van der Waals surface area contributed by atoms with Crippen LogP contribution in [0.5, 0.6) is 0 Å². The number of hydrogen-bond acceptors (Lipinski definition) is 1. The topological polar surface area (TPSA) is 29.1 Å². The molecule has 2 nitrogen and oxygen atoms in total. The largest absolute Gasteiger partial charge is 0.349 e. The number of nitrogens with one attached hydrogen (secondary N) is 1. The third-order valence-electron chi connectivity index (χ3n) is 4.58. The molecule has 0 aliphatic heterocycles. The zero-order valence-electron chi connectivity index (χ0n) is 12.2. The fraction of sp³-hybridized carbons (Fsp3) is 0.389. The predicted octanol–water partition coefficient (Wildman–Crippen LogP) is 4.29. The monoisotopic (exact) mass is 285 g/mol. The molecule has 0 radical (unpaired) electrons. The van der Waals surface area contributed by atoms with Crippen LogP contribution < -0.4 is 5.32 Å². The first-order chi connectivity index (χ1) is 10.2. The standard InChI is InChI=1S/C18H20FNO/c1-12(13-6-2-3-7-13)20-18(21)16-10-11-17(19)15-9-5-4-8-14(15)16/h4-5,8-13H,2-3,6-7H2,1H3,(H,20,21). The van der Waals surface area contributed by atoms with Crippen molar-refractivity contribution in [1.82, 2.24) is 5.32 Å². The second kappa shape index (κ2) is 5.84. The van der Waals surface area contributed by atoms with Crippen LogP contribution >= 0.6 is 0 Å². The second-order valence-electron chi connectivity index (χ2n) is 5.95. The molecule has 3 heteroatoms. The normalized spacial score (nSPS) is 17.0. The molecule has 0 bridgehead atoms. The van der Waals surface area contributed by atoms with Crippen LogP contribution in [0.15, 0.2) is 36.4 Å². The van der Waals surface area contributed by atoms with Gasteiger partial charge in [0.15, 0.2) is 0 Å². The summed E-state index contributed by atoms with van der Waals surface area (Å²) in [5.74, 6) is 0.178. The van der Waals surface area contributed by atoms with E-state index in [1.165, 1.54) is 31.7 Å². The van der Waals surface area contributed by atoms with E-state index in [9.17, 15) is 9.18 Å². The third kappa shape index (κ3) is 2.78. The fourth-order valence-corrected chi connectivity index (χ4v) is 3.32. The Morgan fingerprint density at radius 1 is 1.14 bits per heavy atom. The first kappa shape index (κ1) is 14.1. The third-order valence-corrected chi connectivity index (χ3v) is 4.58. The van der Waals surface area contributed by atoms with Gasteiger partial charge in [0, 0.05) is 17.0 Å². The lowest BCUT2D eigenvalue weighted by atomic mass is 9.98. The molecule has 2 aromatic rings. The SMILES string of the molecule is CC(NC(=O)c1ccc(F)c2ccccc12)C1CCCC1. The minimum absolute atomic E-state index is 0.106. The Kier molecular flexibility index (Phi) is 3.91. The maximum Gasteiger partial charge on any atom is 0.252 e. The highest BCUT2D eigenvalue weighted by Gasteiger charge is 2.23. The quantitative estimate of drug-likeness (QED) is 0.895. The molecule has 0 saturated heterocycles. The molecular weight excluding hydrogens is 265 g/mol. The summed E-state index contributed by atoms with van der Waals surface area (Å²) in [7, 11) is 0. The van der Waals surface area contributed by atoms with E-state index in [1.54, 1.807) is 24.3 Å². The van der Waals surface area contributed by atoms with E-state index >= 15 is 0 Å². The summed E-state index contributed by atoms with van der Waals surface area (Å²) < 4.78 is 13.8. The number of halogens is 1. The van der Waals surface area contributed by atoms with E-state index in [4.69, 9.17) is 0 Å². The summed E-state index contributed by atoms with van der Waals surface area (Å²) in [5, 5.41) is 4.26. The van der Waals surface area contributed by atoms with Crippen LogP contribution in [-0.4, -0.2) is 11.9 Å². The first-order valence-electron chi connectivity index (χ1n) is 7.65. The fourth-order valence-electron chi connectivity index (χ4n) is 3.32. The maximum absolute atomic E-state index is 13.8. The molecule has 110 valence electrons. The van der Waals surface area contributed by atoms with Gasteiger partial charge in [0.05, 0.1) is 0 Å². The van der Waals surface area contributed by atoms with E-state index in [1.807, 2.05) is 6.07 Å². The van der Waals surface area contributed by atoms with Crippen molar-refractivity contribution >= 4 is 16.7 Å². The van der Waals surface area contributed by atoms with Crippen molar-refractivity contribution in [3.63, 3.8) is 0 Å². The molecule has 1 N–H and O–H groups in total. The lowest BCUT2D eigenvalue weighted by molar-refractivity contribution is 0.0929. The van der Waals surface area contributed by atoms with Crippen molar-refractivity contribution in [3.05, 3.63) is 47.8 Å². The maximum atomic E-state index is 13.8.